The molecule has 0 saturated carbocycles. The standard InChI is InChI=1S/C23H27N3O4/c1-13(2)18-12-16(21(27)24-19-11-14(29-3)9-10-20(19)30-4)23(26-18)15-7-5-6-8-17(15)25-22(23)28/h5-11,13,16,18,26H,12H2,1-4H3,(H,24,27)(H,25,28). The molecule has 3 atom stereocenters. The van der Waals surface area contributed by atoms with Gasteiger partial charge in [-0.2, -0.15) is 0 Å². The molecule has 0 aromatic heterocycles. The van der Waals surface area contributed by atoms with Crippen LogP contribution in [0, 0.1) is 11.8 Å². The fraction of sp³-hybridized carbons (Fsp3) is 0.391. The molecular weight excluding hydrogens is 382 g/mol. The molecule has 3 N–H and O–H groups in total. The number of amides is 2. The summed E-state index contributed by atoms with van der Waals surface area (Å²) in [5.41, 5.74) is 0.977. The van der Waals surface area contributed by atoms with Gasteiger partial charge in [0.1, 0.15) is 17.0 Å². The van der Waals surface area contributed by atoms with Crippen molar-refractivity contribution < 1.29 is 19.1 Å². The second-order valence-corrected chi connectivity index (χ2v) is 8.15. The number of methoxy groups -OCH3 is 2. The number of para-hydroxylation sites is 1. The van der Waals surface area contributed by atoms with Crippen LogP contribution >= 0.6 is 0 Å². The molecule has 1 fully saturated rings. The van der Waals surface area contributed by atoms with Crippen molar-refractivity contribution in [2.24, 2.45) is 11.8 Å². The molecule has 1 saturated heterocycles. The Morgan fingerprint density at radius 2 is 1.93 bits per heavy atom. The Balaban J connectivity index is 1.73. The number of ether oxygens (including phenoxy) is 2. The van der Waals surface area contributed by atoms with Gasteiger partial charge >= 0.3 is 0 Å². The number of carbonyl (C=O) groups excluding carboxylic acids is 2. The van der Waals surface area contributed by atoms with Crippen molar-refractivity contribution in [3.05, 3.63) is 48.0 Å². The van der Waals surface area contributed by atoms with Crippen LogP contribution in [0.15, 0.2) is 42.5 Å². The van der Waals surface area contributed by atoms with Crippen molar-refractivity contribution in [2.75, 3.05) is 24.9 Å². The third kappa shape index (κ3) is 3.10. The van der Waals surface area contributed by atoms with Crippen LogP contribution in [0.4, 0.5) is 11.4 Å². The number of benzene rings is 2. The highest BCUT2D eigenvalue weighted by Crippen LogP contribution is 2.48. The first-order valence-corrected chi connectivity index (χ1v) is 10.1. The van der Waals surface area contributed by atoms with Gasteiger partial charge < -0.3 is 20.1 Å². The zero-order chi connectivity index (χ0) is 21.5. The van der Waals surface area contributed by atoms with Crippen LogP contribution in [0.3, 0.4) is 0 Å². The maximum atomic E-state index is 13.5. The van der Waals surface area contributed by atoms with Crippen LogP contribution in [0.5, 0.6) is 11.5 Å². The molecule has 4 rings (SSSR count). The van der Waals surface area contributed by atoms with E-state index in [0.717, 1.165) is 11.3 Å². The summed E-state index contributed by atoms with van der Waals surface area (Å²) in [4.78, 5) is 26.8. The lowest BCUT2D eigenvalue weighted by atomic mass is 9.79. The summed E-state index contributed by atoms with van der Waals surface area (Å²) >= 11 is 0. The van der Waals surface area contributed by atoms with Crippen molar-refractivity contribution in [1.82, 2.24) is 5.32 Å². The second-order valence-electron chi connectivity index (χ2n) is 8.15. The van der Waals surface area contributed by atoms with Gasteiger partial charge in [-0.1, -0.05) is 32.0 Å². The minimum Gasteiger partial charge on any atom is -0.497 e. The predicted molar refractivity (Wildman–Crippen MR) is 115 cm³/mol. The molecule has 2 aromatic rings. The summed E-state index contributed by atoms with van der Waals surface area (Å²) < 4.78 is 10.7. The molecule has 2 aliphatic heterocycles. The Bertz CT molecular complexity index is 990. The third-order valence-electron chi connectivity index (χ3n) is 6.17. The molecular formula is C23H27N3O4. The fourth-order valence-corrected chi connectivity index (χ4v) is 4.53. The Kier molecular flexibility index (Phi) is 5.15. The van der Waals surface area contributed by atoms with E-state index in [-0.39, 0.29) is 23.8 Å². The maximum Gasteiger partial charge on any atom is 0.250 e. The summed E-state index contributed by atoms with van der Waals surface area (Å²) in [6.07, 6.45) is 0.553. The average molecular weight is 409 g/mol. The van der Waals surface area contributed by atoms with Crippen LogP contribution in [-0.4, -0.2) is 32.1 Å². The summed E-state index contributed by atoms with van der Waals surface area (Å²) in [5, 5.41) is 9.44. The summed E-state index contributed by atoms with van der Waals surface area (Å²) in [6, 6.07) is 12.8. The minimum absolute atomic E-state index is 0.0323. The van der Waals surface area contributed by atoms with E-state index in [0.29, 0.717) is 23.6 Å². The number of hydrogen-bond donors (Lipinski definition) is 3. The van der Waals surface area contributed by atoms with E-state index in [1.807, 2.05) is 24.3 Å². The molecule has 0 aliphatic carbocycles. The Hall–Kier alpha value is -3.06. The van der Waals surface area contributed by atoms with Crippen LogP contribution in [0.1, 0.15) is 25.8 Å². The Labute approximate surface area is 176 Å². The molecule has 3 unspecified atom stereocenters. The zero-order valence-electron chi connectivity index (χ0n) is 17.6. The molecule has 7 heteroatoms. The van der Waals surface area contributed by atoms with Gasteiger partial charge in [-0.3, -0.25) is 14.9 Å². The highest BCUT2D eigenvalue weighted by atomic mass is 16.5. The van der Waals surface area contributed by atoms with Crippen LogP contribution in [0.2, 0.25) is 0 Å². The topological polar surface area (TPSA) is 88.7 Å². The van der Waals surface area contributed by atoms with E-state index in [4.69, 9.17) is 9.47 Å². The molecule has 7 nitrogen and oxygen atoms in total. The molecule has 158 valence electrons. The number of rotatable bonds is 5. The number of nitrogens with one attached hydrogen (secondary N) is 3. The summed E-state index contributed by atoms with van der Waals surface area (Å²) in [5.74, 6) is 0.403. The lowest BCUT2D eigenvalue weighted by molar-refractivity contribution is -0.130. The van der Waals surface area contributed by atoms with E-state index in [1.54, 1.807) is 32.4 Å². The van der Waals surface area contributed by atoms with Gasteiger partial charge in [0.15, 0.2) is 0 Å². The fourth-order valence-electron chi connectivity index (χ4n) is 4.53. The van der Waals surface area contributed by atoms with E-state index in [1.165, 1.54) is 0 Å². The first-order chi connectivity index (χ1) is 14.4. The summed E-state index contributed by atoms with van der Waals surface area (Å²) in [6.45, 7) is 4.19. The predicted octanol–water partition coefficient (Wildman–Crippen LogP) is 3.12. The quantitative estimate of drug-likeness (QED) is 0.706. The maximum absolute atomic E-state index is 13.5. The molecule has 2 aromatic carbocycles. The van der Waals surface area contributed by atoms with E-state index in [2.05, 4.69) is 29.8 Å². The first-order valence-electron chi connectivity index (χ1n) is 10.1. The Morgan fingerprint density at radius 3 is 2.63 bits per heavy atom. The SMILES string of the molecule is COc1ccc(OC)c(NC(=O)C2CC(C(C)C)NC23C(=O)Nc2ccccc23)c1. The lowest BCUT2D eigenvalue weighted by Crippen LogP contribution is -2.52. The molecule has 2 amide bonds. The minimum atomic E-state index is -1.10. The zero-order valence-corrected chi connectivity index (χ0v) is 17.6. The molecule has 0 radical (unpaired) electrons. The number of fused-ring (bicyclic) bond motifs is 2. The van der Waals surface area contributed by atoms with Crippen molar-refractivity contribution in [2.45, 2.75) is 31.8 Å². The van der Waals surface area contributed by atoms with E-state index < -0.39 is 11.5 Å². The molecule has 0 bridgehead atoms. The largest absolute Gasteiger partial charge is 0.497 e. The van der Waals surface area contributed by atoms with E-state index >= 15 is 0 Å². The molecule has 2 aliphatic rings. The number of hydrogen-bond acceptors (Lipinski definition) is 5. The van der Waals surface area contributed by atoms with Gasteiger partial charge in [-0.25, -0.2) is 0 Å². The van der Waals surface area contributed by atoms with Crippen molar-refractivity contribution >= 4 is 23.2 Å². The second kappa shape index (κ2) is 7.65. The van der Waals surface area contributed by atoms with Gasteiger partial charge in [-0.15, -0.1) is 0 Å². The van der Waals surface area contributed by atoms with Crippen molar-refractivity contribution in [1.29, 1.82) is 0 Å². The highest BCUT2D eigenvalue weighted by Gasteiger charge is 2.60. The summed E-state index contributed by atoms with van der Waals surface area (Å²) in [7, 11) is 3.11. The molecule has 1 spiro atoms. The molecule has 2 heterocycles. The van der Waals surface area contributed by atoms with Crippen LogP contribution < -0.4 is 25.4 Å². The first kappa shape index (κ1) is 20.2. The van der Waals surface area contributed by atoms with Gasteiger partial charge in [0.05, 0.1) is 25.8 Å². The normalized spacial score (nSPS) is 24.6. The van der Waals surface area contributed by atoms with E-state index in [9.17, 15) is 9.59 Å². The van der Waals surface area contributed by atoms with Crippen LogP contribution in [0.25, 0.3) is 0 Å². The average Bonchev–Trinajstić information content (AvgIpc) is 3.28. The van der Waals surface area contributed by atoms with Crippen molar-refractivity contribution in [3.8, 4) is 11.5 Å². The highest BCUT2D eigenvalue weighted by molar-refractivity contribution is 6.10. The van der Waals surface area contributed by atoms with Crippen molar-refractivity contribution in [3.63, 3.8) is 0 Å². The van der Waals surface area contributed by atoms with Gasteiger partial charge in [0.2, 0.25) is 11.8 Å². The number of anilines is 2. The molecule has 30 heavy (non-hydrogen) atoms. The van der Waals surface area contributed by atoms with Gasteiger partial charge in [-0.05, 0) is 30.5 Å². The third-order valence-corrected chi connectivity index (χ3v) is 6.17. The lowest BCUT2D eigenvalue weighted by Gasteiger charge is -2.29. The van der Waals surface area contributed by atoms with Crippen LogP contribution in [-0.2, 0) is 15.1 Å². The van der Waals surface area contributed by atoms with Gasteiger partial charge in [0.25, 0.3) is 0 Å². The Morgan fingerprint density at radius 1 is 1.17 bits per heavy atom. The number of carbonyl (C=O) groups is 2. The monoisotopic (exact) mass is 409 g/mol. The smallest absolute Gasteiger partial charge is 0.250 e. The van der Waals surface area contributed by atoms with Gasteiger partial charge in [0, 0.05) is 23.4 Å².